The average molecular weight is 256 g/mol. The molecule has 1 aliphatic rings. The SMILES string of the molecule is CCCNC(=O)NC(=O)C[NH+]1CCCCCCC1. The number of carbonyl (C=O) groups is 2. The summed E-state index contributed by atoms with van der Waals surface area (Å²) >= 11 is 0. The first kappa shape index (κ1) is 15.0. The van der Waals surface area contributed by atoms with E-state index in [4.69, 9.17) is 0 Å². The molecule has 104 valence electrons. The summed E-state index contributed by atoms with van der Waals surface area (Å²) < 4.78 is 0. The van der Waals surface area contributed by atoms with Crippen LogP contribution in [0.2, 0.25) is 0 Å². The van der Waals surface area contributed by atoms with Gasteiger partial charge in [-0.3, -0.25) is 10.1 Å². The smallest absolute Gasteiger partial charge is 0.321 e. The van der Waals surface area contributed by atoms with Crippen LogP contribution in [0.5, 0.6) is 0 Å². The molecule has 0 radical (unpaired) electrons. The van der Waals surface area contributed by atoms with E-state index in [-0.39, 0.29) is 11.9 Å². The van der Waals surface area contributed by atoms with E-state index in [1.54, 1.807) is 0 Å². The Hall–Kier alpha value is -1.10. The van der Waals surface area contributed by atoms with Gasteiger partial charge in [0.15, 0.2) is 6.54 Å². The first-order valence-corrected chi connectivity index (χ1v) is 7.13. The van der Waals surface area contributed by atoms with Crippen molar-refractivity contribution in [3.8, 4) is 0 Å². The van der Waals surface area contributed by atoms with E-state index in [1.807, 2.05) is 6.92 Å². The topological polar surface area (TPSA) is 62.6 Å². The number of nitrogens with one attached hydrogen (secondary N) is 3. The van der Waals surface area contributed by atoms with Gasteiger partial charge in [0.05, 0.1) is 13.1 Å². The zero-order valence-corrected chi connectivity index (χ0v) is 11.4. The Bertz CT molecular complexity index is 261. The second-order valence-electron chi connectivity index (χ2n) is 5.00. The van der Waals surface area contributed by atoms with E-state index >= 15 is 0 Å². The normalized spacial score (nSPS) is 17.6. The summed E-state index contributed by atoms with van der Waals surface area (Å²) in [7, 11) is 0. The number of imide groups is 1. The number of hydrogen-bond acceptors (Lipinski definition) is 2. The van der Waals surface area contributed by atoms with Crippen molar-refractivity contribution in [2.75, 3.05) is 26.2 Å². The quantitative estimate of drug-likeness (QED) is 0.666. The maximum absolute atomic E-state index is 11.7. The summed E-state index contributed by atoms with van der Waals surface area (Å²) in [5, 5.41) is 5.03. The van der Waals surface area contributed by atoms with Crippen LogP contribution in [0, 0.1) is 0 Å². The first-order chi connectivity index (χ1) is 8.72. The lowest BCUT2D eigenvalue weighted by Gasteiger charge is -2.20. The van der Waals surface area contributed by atoms with Crippen molar-refractivity contribution in [3.05, 3.63) is 0 Å². The fourth-order valence-electron chi connectivity index (χ4n) is 2.26. The Morgan fingerprint density at radius 2 is 1.67 bits per heavy atom. The maximum Gasteiger partial charge on any atom is 0.321 e. The molecule has 3 amide bonds. The highest BCUT2D eigenvalue weighted by Crippen LogP contribution is 2.02. The number of hydrogen-bond donors (Lipinski definition) is 3. The second kappa shape index (κ2) is 8.91. The van der Waals surface area contributed by atoms with Gasteiger partial charge in [-0.05, 0) is 32.1 Å². The van der Waals surface area contributed by atoms with Crippen molar-refractivity contribution < 1.29 is 14.5 Å². The van der Waals surface area contributed by atoms with Crippen molar-refractivity contribution in [3.63, 3.8) is 0 Å². The molecule has 0 spiro atoms. The number of rotatable bonds is 4. The van der Waals surface area contributed by atoms with Crippen molar-refractivity contribution in [2.24, 2.45) is 0 Å². The van der Waals surface area contributed by atoms with Crippen molar-refractivity contribution >= 4 is 11.9 Å². The van der Waals surface area contributed by atoms with Crippen LogP contribution in [0.3, 0.4) is 0 Å². The molecule has 5 nitrogen and oxygen atoms in total. The van der Waals surface area contributed by atoms with E-state index in [0.29, 0.717) is 13.1 Å². The summed E-state index contributed by atoms with van der Waals surface area (Å²) in [4.78, 5) is 24.3. The predicted octanol–water partition coefficient (Wildman–Crippen LogP) is 0.0712. The van der Waals surface area contributed by atoms with Crippen LogP contribution < -0.4 is 15.5 Å². The molecule has 18 heavy (non-hydrogen) atoms. The highest BCUT2D eigenvalue weighted by atomic mass is 16.2. The third-order valence-electron chi connectivity index (χ3n) is 3.26. The van der Waals surface area contributed by atoms with Crippen molar-refractivity contribution in [1.82, 2.24) is 10.6 Å². The van der Waals surface area contributed by atoms with Gasteiger partial charge >= 0.3 is 6.03 Å². The van der Waals surface area contributed by atoms with E-state index < -0.39 is 0 Å². The lowest BCUT2D eigenvalue weighted by molar-refractivity contribution is -0.893. The molecular weight excluding hydrogens is 230 g/mol. The Labute approximate surface area is 109 Å². The minimum Gasteiger partial charge on any atom is -0.338 e. The molecule has 1 aliphatic heterocycles. The molecule has 1 saturated heterocycles. The van der Waals surface area contributed by atoms with Gasteiger partial charge in [0.25, 0.3) is 5.91 Å². The Kier molecular flexibility index (Phi) is 7.41. The molecule has 0 unspecified atom stereocenters. The summed E-state index contributed by atoms with van der Waals surface area (Å²) in [5.74, 6) is -0.167. The second-order valence-corrected chi connectivity index (χ2v) is 5.00. The Balaban J connectivity index is 2.22. The van der Waals surface area contributed by atoms with Crippen LogP contribution in [-0.4, -0.2) is 38.1 Å². The van der Waals surface area contributed by atoms with Gasteiger partial charge < -0.3 is 10.2 Å². The zero-order valence-electron chi connectivity index (χ0n) is 11.4. The van der Waals surface area contributed by atoms with Crippen LogP contribution in [0.15, 0.2) is 0 Å². The number of urea groups is 1. The van der Waals surface area contributed by atoms with Crippen molar-refractivity contribution in [1.29, 1.82) is 0 Å². The van der Waals surface area contributed by atoms with Crippen LogP contribution in [0.25, 0.3) is 0 Å². The fourth-order valence-corrected chi connectivity index (χ4v) is 2.26. The van der Waals surface area contributed by atoms with E-state index in [1.165, 1.54) is 37.0 Å². The van der Waals surface area contributed by atoms with Crippen LogP contribution >= 0.6 is 0 Å². The molecule has 0 aromatic heterocycles. The third-order valence-corrected chi connectivity index (χ3v) is 3.26. The fraction of sp³-hybridized carbons (Fsp3) is 0.846. The van der Waals surface area contributed by atoms with Crippen LogP contribution in [-0.2, 0) is 4.79 Å². The maximum atomic E-state index is 11.7. The molecule has 0 atom stereocenters. The summed E-state index contributed by atoms with van der Waals surface area (Å²) in [6, 6.07) is -0.367. The third kappa shape index (κ3) is 6.59. The minimum atomic E-state index is -0.367. The molecule has 0 aromatic carbocycles. The Morgan fingerprint density at radius 1 is 1.06 bits per heavy atom. The van der Waals surface area contributed by atoms with Gasteiger partial charge in [-0.1, -0.05) is 13.3 Å². The van der Waals surface area contributed by atoms with E-state index in [0.717, 1.165) is 19.5 Å². The Morgan fingerprint density at radius 3 is 2.28 bits per heavy atom. The number of amides is 3. The number of carbonyl (C=O) groups excluding carboxylic acids is 2. The van der Waals surface area contributed by atoms with Gasteiger partial charge in [0.2, 0.25) is 0 Å². The largest absolute Gasteiger partial charge is 0.338 e. The van der Waals surface area contributed by atoms with Gasteiger partial charge in [0.1, 0.15) is 0 Å². The molecule has 3 N–H and O–H groups in total. The molecule has 0 bridgehead atoms. The lowest BCUT2D eigenvalue weighted by Crippen LogP contribution is -3.13. The number of quaternary nitrogens is 1. The molecule has 1 rings (SSSR count). The molecule has 0 aromatic rings. The van der Waals surface area contributed by atoms with Crippen LogP contribution in [0.4, 0.5) is 4.79 Å². The van der Waals surface area contributed by atoms with Gasteiger partial charge in [-0.15, -0.1) is 0 Å². The highest BCUT2D eigenvalue weighted by Gasteiger charge is 2.16. The zero-order chi connectivity index (χ0) is 13.2. The summed E-state index contributed by atoms with van der Waals surface area (Å²) in [5.41, 5.74) is 0. The first-order valence-electron chi connectivity index (χ1n) is 7.13. The highest BCUT2D eigenvalue weighted by molar-refractivity contribution is 5.94. The standard InChI is InChI=1S/C13H25N3O2/c1-2-8-14-13(18)15-12(17)11-16-9-6-4-3-5-7-10-16/h2-11H2,1H3,(H2,14,15,17,18)/p+1. The molecule has 5 heteroatoms. The van der Waals surface area contributed by atoms with Crippen LogP contribution in [0.1, 0.15) is 45.4 Å². The minimum absolute atomic E-state index is 0.167. The summed E-state index contributed by atoms with van der Waals surface area (Å²) in [6.45, 7) is 5.09. The van der Waals surface area contributed by atoms with Gasteiger partial charge in [-0.25, -0.2) is 4.79 Å². The lowest BCUT2D eigenvalue weighted by atomic mass is 10.1. The molecule has 1 fully saturated rings. The number of likely N-dealkylation sites (tertiary alicyclic amines) is 1. The van der Waals surface area contributed by atoms with Gasteiger partial charge in [-0.2, -0.15) is 0 Å². The van der Waals surface area contributed by atoms with Crippen molar-refractivity contribution in [2.45, 2.75) is 45.4 Å². The molecule has 1 heterocycles. The molecule has 0 saturated carbocycles. The average Bonchev–Trinajstić information content (AvgIpc) is 2.29. The molecular formula is C13H26N3O2+. The monoisotopic (exact) mass is 256 g/mol. The van der Waals surface area contributed by atoms with Gasteiger partial charge in [0, 0.05) is 6.54 Å². The summed E-state index contributed by atoms with van der Waals surface area (Å²) in [6.07, 6.45) is 7.09. The predicted molar refractivity (Wildman–Crippen MR) is 70.5 cm³/mol. The molecule has 0 aliphatic carbocycles. The van der Waals surface area contributed by atoms with E-state index in [9.17, 15) is 9.59 Å². The van der Waals surface area contributed by atoms with E-state index in [2.05, 4.69) is 10.6 Å².